The van der Waals surface area contributed by atoms with Crippen LogP contribution in [0.5, 0.6) is 0 Å². The monoisotopic (exact) mass is 239 g/mol. The molecule has 0 aliphatic carbocycles. The number of urea groups is 1. The molecule has 0 aliphatic heterocycles. The van der Waals surface area contributed by atoms with Crippen molar-refractivity contribution in [1.29, 1.82) is 0 Å². The number of rotatable bonds is 5. The molecule has 0 heterocycles. The third-order valence-electron chi connectivity index (χ3n) is 2.33. The van der Waals surface area contributed by atoms with E-state index in [0.717, 1.165) is 12.0 Å². The predicted molar refractivity (Wildman–Crippen MR) is 64.8 cm³/mol. The van der Waals surface area contributed by atoms with Crippen LogP contribution in [0.25, 0.3) is 0 Å². The summed E-state index contributed by atoms with van der Waals surface area (Å²) in [7, 11) is 0. The minimum absolute atomic E-state index is 0.173. The molecule has 2 amide bonds. The fourth-order valence-electron chi connectivity index (χ4n) is 1.34. The van der Waals surface area contributed by atoms with Crippen LogP contribution in [0.2, 0.25) is 0 Å². The first-order valence-electron chi connectivity index (χ1n) is 5.66. The highest BCUT2D eigenvalue weighted by atomic mass is 19.1. The molecule has 94 valence electrons. The average molecular weight is 239 g/mol. The van der Waals surface area contributed by atoms with E-state index in [2.05, 4.69) is 10.6 Å². The van der Waals surface area contributed by atoms with Crippen molar-refractivity contribution >= 4 is 6.03 Å². The molecule has 0 atom stereocenters. The van der Waals surface area contributed by atoms with Gasteiger partial charge in [-0.2, -0.15) is 0 Å². The van der Waals surface area contributed by atoms with Crippen LogP contribution in [0.3, 0.4) is 0 Å². The summed E-state index contributed by atoms with van der Waals surface area (Å²) in [6.07, 6.45) is 0.868. The number of carbonyl (C=O) groups is 1. The molecule has 0 fully saturated rings. The third-order valence-corrected chi connectivity index (χ3v) is 2.33. The molecule has 0 bridgehead atoms. The lowest BCUT2D eigenvalue weighted by atomic mass is 10.1. The molecular weight excluding hydrogens is 221 g/mol. The minimum atomic E-state index is -0.344. The summed E-state index contributed by atoms with van der Waals surface area (Å²) in [6, 6.07) is 4.50. The number of carbonyl (C=O) groups excluding carboxylic acids is 1. The maximum absolute atomic E-state index is 13.5. The number of hydrogen-bond acceptors (Lipinski definition) is 2. The summed E-state index contributed by atoms with van der Waals surface area (Å²) < 4.78 is 13.5. The minimum Gasteiger partial charge on any atom is -0.338 e. The van der Waals surface area contributed by atoms with Gasteiger partial charge in [-0.05, 0) is 18.1 Å². The zero-order chi connectivity index (χ0) is 12.7. The molecule has 1 aromatic carbocycles. The van der Waals surface area contributed by atoms with Gasteiger partial charge in [0.05, 0.1) is 0 Å². The van der Waals surface area contributed by atoms with Gasteiger partial charge in [0, 0.05) is 25.2 Å². The van der Waals surface area contributed by atoms with E-state index in [1.54, 1.807) is 12.1 Å². The Morgan fingerprint density at radius 1 is 1.41 bits per heavy atom. The maximum atomic E-state index is 13.5. The van der Waals surface area contributed by atoms with Crippen molar-refractivity contribution in [2.75, 3.05) is 6.54 Å². The number of benzene rings is 1. The molecule has 0 aromatic heterocycles. The summed E-state index contributed by atoms with van der Waals surface area (Å²) in [5.41, 5.74) is 6.59. The van der Waals surface area contributed by atoms with E-state index in [1.807, 2.05) is 6.92 Å². The lowest BCUT2D eigenvalue weighted by Gasteiger charge is -2.08. The maximum Gasteiger partial charge on any atom is 0.315 e. The second-order valence-corrected chi connectivity index (χ2v) is 3.74. The van der Waals surface area contributed by atoms with Gasteiger partial charge in [0.25, 0.3) is 0 Å². The van der Waals surface area contributed by atoms with Crippen molar-refractivity contribution in [3.63, 3.8) is 0 Å². The molecule has 0 saturated heterocycles. The topological polar surface area (TPSA) is 67.2 Å². The highest BCUT2D eigenvalue weighted by molar-refractivity contribution is 5.73. The van der Waals surface area contributed by atoms with Gasteiger partial charge in [0.1, 0.15) is 5.82 Å². The first kappa shape index (κ1) is 13.4. The van der Waals surface area contributed by atoms with Gasteiger partial charge in [-0.25, -0.2) is 9.18 Å². The quantitative estimate of drug-likeness (QED) is 0.728. The Bertz CT molecular complexity index is 382. The largest absolute Gasteiger partial charge is 0.338 e. The van der Waals surface area contributed by atoms with Crippen LogP contribution in [-0.4, -0.2) is 12.6 Å². The number of amides is 2. The number of nitrogens with one attached hydrogen (secondary N) is 2. The number of halogens is 1. The molecule has 4 nitrogen and oxygen atoms in total. The summed E-state index contributed by atoms with van der Waals surface area (Å²) in [6.45, 7) is 3.06. The Morgan fingerprint density at radius 3 is 2.76 bits per heavy atom. The lowest BCUT2D eigenvalue weighted by molar-refractivity contribution is 0.240. The van der Waals surface area contributed by atoms with Gasteiger partial charge in [-0.3, -0.25) is 0 Å². The molecule has 4 N–H and O–H groups in total. The van der Waals surface area contributed by atoms with Gasteiger partial charge in [0.2, 0.25) is 0 Å². The highest BCUT2D eigenvalue weighted by Gasteiger charge is 2.05. The van der Waals surface area contributed by atoms with Gasteiger partial charge in [-0.1, -0.05) is 19.1 Å². The van der Waals surface area contributed by atoms with Gasteiger partial charge < -0.3 is 16.4 Å². The average Bonchev–Trinajstić information content (AvgIpc) is 2.34. The smallest absolute Gasteiger partial charge is 0.315 e. The lowest BCUT2D eigenvalue weighted by Crippen LogP contribution is -2.35. The van der Waals surface area contributed by atoms with Crippen LogP contribution in [0.4, 0.5) is 9.18 Å². The Labute approximate surface area is 100 Å². The van der Waals surface area contributed by atoms with Gasteiger partial charge in [0.15, 0.2) is 0 Å². The summed E-state index contributed by atoms with van der Waals surface area (Å²) >= 11 is 0. The summed E-state index contributed by atoms with van der Waals surface area (Å²) in [5.74, 6) is -0.344. The Kier molecular flexibility index (Phi) is 5.42. The van der Waals surface area contributed by atoms with Crippen LogP contribution in [0, 0.1) is 5.82 Å². The molecule has 1 rings (SSSR count). The highest BCUT2D eigenvalue weighted by Crippen LogP contribution is 2.09. The second-order valence-electron chi connectivity index (χ2n) is 3.74. The van der Waals surface area contributed by atoms with Crippen molar-refractivity contribution in [3.05, 3.63) is 35.1 Å². The zero-order valence-electron chi connectivity index (χ0n) is 9.92. The zero-order valence-corrected chi connectivity index (χ0v) is 9.92. The van der Waals surface area contributed by atoms with Crippen LogP contribution in [0.15, 0.2) is 18.2 Å². The molecule has 0 radical (unpaired) electrons. The first-order valence-corrected chi connectivity index (χ1v) is 5.66. The molecule has 0 spiro atoms. The van der Waals surface area contributed by atoms with Crippen LogP contribution in [-0.2, 0) is 13.1 Å². The second kappa shape index (κ2) is 6.85. The molecule has 5 heteroatoms. The summed E-state index contributed by atoms with van der Waals surface area (Å²) in [4.78, 5) is 11.2. The first-order chi connectivity index (χ1) is 8.17. The van der Waals surface area contributed by atoms with E-state index < -0.39 is 0 Å². The molecule has 0 aliphatic rings. The van der Waals surface area contributed by atoms with E-state index in [4.69, 9.17) is 5.73 Å². The third kappa shape index (κ3) is 4.40. The van der Waals surface area contributed by atoms with Crippen molar-refractivity contribution in [3.8, 4) is 0 Å². The van der Waals surface area contributed by atoms with E-state index in [-0.39, 0.29) is 18.4 Å². The van der Waals surface area contributed by atoms with Gasteiger partial charge >= 0.3 is 6.03 Å². The van der Waals surface area contributed by atoms with E-state index >= 15 is 0 Å². The van der Waals surface area contributed by atoms with Crippen LogP contribution < -0.4 is 16.4 Å². The molecule has 1 aromatic rings. The van der Waals surface area contributed by atoms with E-state index in [9.17, 15) is 9.18 Å². The number of nitrogens with two attached hydrogens (primary N) is 1. The van der Waals surface area contributed by atoms with E-state index in [0.29, 0.717) is 18.7 Å². The van der Waals surface area contributed by atoms with Crippen LogP contribution in [0.1, 0.15) is 24.5 Å². The Hall–Kier alpha value is -1.62. The van der Waals surface area contributed by atoms with E-state index in [1.165, 1.54) is 6.07 Å². The molecule has 0 unspecified atom stereocenters. The Balaban J connectivity index is 2.49. The van der Waals surface area contributed by atoms with Crippen molar-refractivity contribution in [1.82, 2.24) is 10.6 Å². The Morgan fingerprint density at radius 2 is 2.18 bits per heavy atom. The molecule has 0 saturated carbocycles. The SMILES string of the molecule is CCCNC(=O)NCc1ccc(CN)cc1F. The van der Waals surface area contributed by atoms with Gasteiger partial charge in [-0.15, -0.1) is 0 Å². The summed E-state index contributed by atoms with van der Waals surface area (Å²) in [5, 5.41) is 5.24. The normalized spacial score (nSPS) is 10.1. The van der Waals surface area contributed by atoms with Crippen molar-refractivity contribution < 1.29 is 9.18 Å². The standard InChI is InChI=1S/C12H18FN3O/c1-2-5-15-12(17)16-8-10-4-3-9(7-14)6-11(10)13/h3-4,6H,2,5,7-8,14H2,1H3,(H2,15,16,17). The van der Waals surface area contributed by atoms with Crippen LogP contribution >= 0.6 is 0 Å². The fraction of sp³-hybridized carbons (Fsp3) is 0.417. The predicted octanol–water partition coefficient (Wildman–Crippen LogP) is 1.49. The fourth-order valence-corrected chi connectivity index (χ4v) is 1.34. The molecule has 17 heavy (non-hydrogen) atoms. The number of hydrogen-bond donors (Lipinski definition) is 3. The van der Waals surface area contributed by atoms with Crippen molar-refractivity contribution in [2.24, 2.45) is 5.73 Å². The van der Waals surface area contributed by atoms with Crippen molar-refractivity contribution in [2.45, 2.75) is 26.4 Å². The molecular formula is C12H18FN3O.